The number of alkyl halides is 1. The number of ether oxygens (including phenoxy) is 2. The second-order valence-corrected chi connectivity index (χ2v) is 12.3. The summed E-state index contributed by atoms with van der Waals surface area (Å²) in [5.74, 6) is -0.776. The smallest absolute Gasteiger partial charge is 0.319 e. The minimum Gasteiger partial charge on any atom is -0.463 e. The normalized spacial score (nSPS) is 19.4. The molecule has 10 nitrogen and oxygen atoms in total. The number of carbonyl (C=O) groups is 1. The molecule has 2 saturated heterocycles. The summed E-state index contributed by atoms with van der Waals surface area (Å²) in [6, 6.07) is 13.5. The van der Waals surface area contributed by atoms with E-state index in [-0.39, 0.29) is 36.7 Å². The van der Waals surface area contributed by atoms with Gasteiger partial charge in [0.25, 0.3) is 5.91 Å². The average Bonchev–Trinajstić information content (AvgIpc) is 3.73. The van der Waals surface area contributed by atoms with Crippen molar-refractivity contribution in [2.24, 2.45) is 0 Å². The highest BCUT2D eigenvalue weighted by atomic mass is 35.5. The SMILES string of the molecule is N#CCC1=CN(c2nc(OCCCN3C[C@@H]4C[C@H]3CO4)nc3c(F)c(-c4cccc5cccc(Cl)c45)ncc23)CCN1C(=O)/C=C/CF. The zero-order valence-electron chi connectivity index (χ0n) is 26.0. The fraction of sp³-hybridized carbons (Fsp3) is 0.343. The molecule has 0 aliphatic carbocycles. The second-order valence-electron chi connectivity index (χ2n) is 11.9. The third-order valence-corrected chi connectivity index (χ3v) is 9.27. The molecule has 4 aromatic rings. The lowest BCUT2D eigenvalue weighted by Gasteiger charge is -2.33. The van der Waals surface area contributed by atoms with Gasteiger partial charge in [-0.25, -0.2) is 8.78 Å². The number of nitrogens with zero attached hydrogens (tertiary/aromatic N) is 7. The number of amides is 1. The van der Waals surface area contributed by atoms with Gasteiger partial charge in [0.05, 0.1) is 42.9 Å². The molecule has 1 amide bonds. The van der Waals surface area contributed by atoms with Crippen LogP contribution in [0, 0.1) is 17.1 Å². The summed E-state index contributed by atoms with van der Waals surface area (Å²) in [5, 5.41) is 11.8. The number of nitriles is 1. The number of morpholine rings is 1. The highest BCUT2D eigenvalue weighted by Crippen LogP contribution is 2.38. The van der Waals surface area contributed by atoms with Crippen molar-refractivity contribution in [2.45, 2.75) is 31.4 Å². The molecule has 2 fully saturated rings. The molecule has 0 spiro atoms. The number of hydrogen-bond donors (Lipinski definition) is 0. The number of aromatic nitrogens is 3. The Bertz CT molecular complexity index is 1980. The molecule has 7 rings (SSSR count). The van der Waals surface area contributed by atoms with Crippen LogP contribution < -0.4 is 9.64 Å². The van der Waals surface area contributed by atoms with E-state index in [1.54, 1.807) is 23.2 Å². The molecule has 0 radical (unpaired) electrons. The first kappa shape index (κ1) is 31.9. The molecule has 0 N–H and O–H groups in total. The van der Waals surface area contributed by atoms with Crippen molar-refractivity contribution in [3.05, 3.63) is 77.5 Å². The summed E-state index contributed by atoms with van der Waals surface area (Å²) in [5.41, 5.74) is 1.01. The molecular formula is C35H32ClF2N7O3. The summed E-state index contributed by atoms with van der Waals surface area (Å²) < 4.78 is 41.1. The molecule has 0 saturated carbocycles. The first-order valence-corrected chi connectivity index (χ1v) is 16.2. The Morgan fingerprint density at radius 3 is 2.83 bits per heavy atom. The van der Waals surface area contributed by atoms with Crippen molar-refractivity contribution < 1.29 is 23.0 Å². The second kappa shape index (κ2) is 13.8. The maximum absolute atomic E-state index is 16.7. The molecule has 0 unspecified atom stereocenters. The third-order valence-electron chi connectivity index (χ3n) is 8.95. The highest BCUT2D eigenvalue weighted by molar-refractivity contribution is 6.36. The fourth-order valence-electron chi connectivity index (χ4n) is 6.71. The van der Waals surface area contributed by atoms with E-state index < -0.39 is 18.4 Å². The van der Waals surface area contributed by atoms with Crippen molar-refractivity contribution in [1.29, 1.82) is 5.26 Å². The number of allylic oxidation sites excluding steroid dienone is 2. The van der Waals surface area contributed by atoms with Crippen molar-refractivity contribution in [3.8, 4) is 23.3 Å². The lowest BCUT2D eigenvalue weighted by Crippen LogP contribution is -2.41. The average molecular weight is 672 g/mol. The summed E-state index contributed by atoms with van der Waals surface area (Å²) in [6.07, 6.45) is 7.41. The van der Waals surface area contributed by atoms with Crippen LogP contribution in [0.3, 0.4) is 0 Å². The number of hydrogen-bond acceptors (Lipinski definition) is 9. The minimum atomic E-state index is -0.780. The van der Waals surface area contributed by atoms with Crippen LogP contribution in [0.25, 0.3) is 32.9 Å². The lowest BCUT2D eigenvalue weighted by molar-refractivity contribution is -0.124. The number of pyridine rings is 1. The van der Waals surface area contributed by atoms with Crippen LogP contribution in [0.1, 0.15) is 19.3 Å². The van der Waals surface area contributed by atoms with E-state index in [1.807, 2.05) is 24.3 Å². The number of rotatable bonds is 10. The molecule has 2 aromatic carbocycles. The molecule has 13 heteroatoms. The Morgan fingerprint density at radius 2 is 2.06 bits per heavy atom. The first-order valence-electron chi connectivity index (χ1n) is 15.9. The Kier molecular flexibility index (Phi) is 9.17. The molecular weight excluding hydrogens is 640 g/mol. The predicted molar refractivity (Wildman–Crippen MR) is 178 cm³/mol. The number of halogens is 3. The van der Waals surface area contributed by atoms with E-state index in [9.17, 15) is 14.4 Å². The molecule has 246 valence electrons. The van der Waals surface area contributed by atoms with Gasteiger partial charge >= 0.3 is 6.01 Å². The molecule has 3 aliphatic rings. The maximum Gasteiger partial charge on any atom is 0.319 e. The highest BCUT2D eigenvalue weighted by Gasteiger charge is 2.38. The Morgan fingerprint density at radius 1 is 1.21 bits per heavy atom. The zero-order chi connectivity index (χ0) is 33.2. The summed E-state index contributed by atoms with van der Waals surface area (Å²) in [7, 11) is 0. The van der Waals surface area contributed by atoms with Gasteiger partial charge < -0.3 is 19.3 Å². The standard InChI is InChI=1S/C35H32ClF2N7O3/c36-28-8-2-6-22-5-1-7-26(30(22)28)32-31(38)33-27(18-40-32)34(44-14-15-45(23(19-44)10-12-39)29(46)9-3-11-37)42-35(41-33)47-16-4-13-43-20-25-17-24(43)21-48-25/h1-3,5-9,18-19,24-25H,4,10-11,13-17,20-21H2/b9-3+/t24-,25-/m0/s1. The molecule has 2 atom stereocenters. The number of carbonyl (C=O) groups excluding carboxylic acids is 1. The summed E-state index contributed by atoms with van der Waals surface area (Å²) >= 11 is 6.58. The van der Waals surface area contributed by atoms with Gasteiger partial charge in [-0.1, -0.05) is 41.9 Å². The summed E-state index contributed by atoms with van der Waals surface area (Å²) in [6.45, 7) is 2.49. The van der Waals surface area contributed by atoms with Crippen LogP contribution in [0.4, 0.5) is 14.6 Å². The third kappa shape index (κ3) is 6.17. The number of likely N-dealkylation sites (tertiary alicyclic amines) is 1. The van der Waals surface area contributed by atoms with E-state index in [0.29, 0.717) is 51.6 Å². The van der Waals surface area contributed by atoms with Gasteiger partial charge in [0.15, 0.2) is 5.82 Å². The Labute approximate surface area is 280 Å². The minimum absolute atomic E-state index is 0.00426. The van der Waals surface area contributed by atoms with Crippen LogP contribution in [-0.4, -0.2) is 88.9 Å². The largest absolute Gasteiger partial charge is 0.463 e. The number of anilines is 1. The zero-order valence-corrected chi connectivity index (χ0v) is 26.7. The van der Waals surface area contributed by atoms with Gasteiger partial charge in [-0.3, -0.25) is 14.7 Å². The topological polar surface area (TPSA) is 108 Å². The van der Waals surface area contributed by atoms with Crippen molar-refractivity contribution >= 4 is 45.0 Å². The first-order chi connectivity index (χ1) is 23.4. The number of benzene rings is 2. The maximum atomic E-state index is 16.7. The van der Waals surface area contributed by atoms with Crippen molar-refractivity contribution in [2.75, 3.05) is 51.0 Å². The molecule has 3 aliphatic heterocycles. The lowest BCUT2D eigenvalue weighted by atomic mass is 10.0. The molecule has 2 bridgehead atoms. The Hall–Kier alpha value is -4.70. The summed E-state index contributed by atoms with van der Waals surface area (Å²) in [4.78, 5) is 32.1. The monoisotopic (exact) mass is 671 g/mol. The van der Waals surface area contributed by atoms with E-state index >= 15 is 4.39 Å². The predicted octanol–water partition coefficient (Wildman–Crippen LogP) is 5.81. The van der Waals surface area contributed by atoms with E-state index in [4.69, 9.17) is 26.1 Å². The molecule has 5 heterocycles. The van der Waals surface area contributed by atoms with Gasteiger partial charge in [0.2, 0.25) is 0 Å². The van der Waals surface area contributed by atoms with Crippen molar-refractivity contribution in [1.82, 2.24) is 24.8 Å². The van der Waals surface area contributed by atoms with Crippen LogP contribution in [0.5, 0.6) is 6.01 Å². The quantitative estimate of drug-likeness (QED) is 0.153. The number of fused-ring (bicyclic) bond motifs is 4. The Balaban J connectivity index is 1.26. The fourth-order valence-corrected chi connectivity index (χ4v) is 6.99. The van der Waals surface area contributed by atoms with Gasteiger partial charge in [-0.05, 0) is 30.4 Å². The van der Waals surface area contributed by atoms with Crippen LogP contribution in [0.2, 0.25) is 5.02 Å². The van der Waals surface area contributed by atoms with Crippen LogP contribution in [-0.2, 0) is 9.53 Å². The van der Waals surface area contributed by atoms with E-state index in [1.165, 1.54) is 11.1 Å². The van der Waals surface area contributed by atoms with E-state index in [2.05, 4.69) is 20.9 Å². The molecule has 48 heavy (non-hydrogen) atoms. The van der Waals surface area contributed by atoms with Gasteiger partial charge in [0, 0.05) is 66.7 Å². The van der Waals surface area contributed by atoms with Crippen molar-refractivity contribution in [3.63, 3.8) is 0 Å². The van der Waals surface area contributed by atoms with E-state index in [0.717, 1.165) is 50.1 Å². The van der Waals surface area contributed by atoms with Crippen LogP contribution >= 0.6 is 11.6 Å². The van der Waals surface area contributed by atoms with Gasteiger partial charge in [-0.15, -0.1) is 0 Å². The van der Waals surface area contributed by atoms with Crippen LogP contribution in [0.15, 0.2) is 66.6 Å². The molecule has 2 aromatic heterocycles. The van der Waals surface area contributed by atoms with Gasteiger partial charge in [-0.2, -0.15) is 15.2 Å². The van der Waals surface area contributed by atoms with Gasteiger partial charge in [0.1, 0.15) is 23.7 Å².